The Morgan fingerprint density at radius 1 is 1.12 bits per heavy atom. The number of hydrogen-bond acceptors (Lipinski definition) is 5. The Bertz CT molecular complexity index is 1230. The first-order valence-corrected chi connectivity index (χ1v) is 11.4. The van der Waals surface area contributed by atoms with Crippen LogP contribution in [0, 0.1) is 6.92 Å². The number of aryl methyl sites for hydroxylation is 1. The van der Waals surface area contributed by atoms with Gasteiger partial charge in [0, 0.05) is 21.2 Å². The highest BCUT2D eigenvalue weighted by Crippen LogP contribution is 2.45. The number of rotatable bonds is 5. The van der Waals surface area contributed by atoms with Crippen LogP contribution in [-0.2, 0) is 9.59 Å². The first-order valence-electron chi connectivity index (χ1n) is 10.2. The Kier molecular flexibility index (Phi) is 6.09. The maximum Gasteiger partial charge on any atom is 0.300 e. The normalized spacial score (nSPS) is 17.9. The molecule has 5 nitrogen and oxygen atoms in total. The minimum atomic E-state index is -0.761. The molecule has 0 saturated carbocycles. The summed E-state index contributed by atoms with van der Waals surface area (Å²) >= 11 is 7.60. The predicted octanol–water partition coefficient (Wildman–Crippen LogP) is 6.12. The second kappa shape index (κ2) is 8.81. The van der Waals surface area contributed by atoms with Gasteiger partial charge in [-0.3, -0.25) is 14.5 Å². The summed E-state index contributed by atoms with van der Waals surface area (Å²) in [5.74, 6) is -1.12. The third-order valence-electron chi connectivity index (χ3n) is 5.16. The van der Waals surface area contributed by atoms with Crippen molar-refractivity contribution in [3.8, 4) is 5.75 Å². The Morgan fingerprint density at radius 3 is 2.53 bits per heavy atom. The number of ether oxygens (including phenoxy) is 1. The average molecular weight is 468 g/mol. The summed E-state index contributed by atoms with van der Waals surface area (Å²) in [5.41, 5.74) is 1.87. The number of halogens is 1. The number of carbonyl (C=O) groups is 2. The zero-order chi connectivity index (χ0) is 23.0. The van der Waals surface area contributed by atoms with E-state index in [0.717, 1.165) is 10.4 Å². The van der Waals surface area contributed by atoms with Crippen LogP contribution >= 0.6 is 22.9 Å². The molecule has 0 bridgehead atoms. The fraction of sp³-hybridized carbons (Fsp3) is 0.200. The highest BCUT2D eigenvalue weighted by Gasteiger charge is 2.48. The van der Waals surface area contributed by atoms with Crippen LogP contribution in [0.2, 0.25) is 5.02 Å². The lowest BCUT2D eigenvalue weighted by Crippen LogP contribution is -2.29. The average Bonchev–Trinajstić information content (AvgIpc) is 3.28. The van der Waals surface area contributed by atoms with E-state index in [9.17, 15) is 14.7 Å². The summed E-state index contributed by atoms with van der Waals surface area (Å²) in [6.45, 7) is 5.73. The molecule has 1 aliphatic heterocycles. The number of ketones is 1. The summed E-state index contributed by atoms with van der Waals surface area (Å²) < 4.78 is 5.73. The molecule has 32 heavy (non-hydrogen) atoms. The van der Waals surface area contributed by atoms with Crippen LogP contribution in [0.1, 0.15) is 35.9 Å². The third kappa shape index (κ3) is 4.04. The molecular formula is C25H22ClNO4S. The summed E-state index contributed by atoms with van der Waals surface area (Å²) in [7, 11) is 0. The molecule has 164 valence electrons. The molecule has 4 rings (SSSR count). The third-order valence-corrected chi connectivity index (χ3v) is 6.47. The SMILES string of the molecule is Cc1ccsc1C1/C(=C(/O)c2cccc(OC(C)C)c2)C(=O)C(=O)N1c1cccc(Cl)c1. The van der Waals surface area contributed by atoms with Gasteiger partial charge < -0.3 is 9.84 Å². The van der Waals surface area contributed by atoms with Crippen molar-refractivity contribution in [3.63, 3.8) is 0 Å². The van der Waals surface area contributed by atoms with Crippen LogP contribution in [-0.4, -0.2) is 22.9 Å². The lowest BCUT2D eigenvalue weighted by atomic mass is 9.98. The Morgan fingerprint density at radius 2 is 1.88 bits per heavy atom. The van der Waals surface area contributed by atoms with Gasteiger partial charge in [-0.2, -0.15) is 0 Å². The van der Waals surface area contributed by atoms with Gasteiger partial charge >= 0.3 is 0 Å². The van der Waals surface area contributed by atoms with Gasteiger partial charge in [0.15, 0.2) is 0 Å². The number of carbonyl (C=O) groups excluding carboxylic acids is 2. The monoisotopic (exact) mass is 467 g/mol. The van der Waals surface area contributed by atoms with Crippen LogP contribution in [0.15, 0.2) is 65.6 Å². The second-order valence-electron chi connectivity index (χ2n) is 7.81. The van der Waals surface area contributed by atoms with E-state index in [2.05, 4.69) is 0 Å². The van der Waals surface area contributed by atoms with Crippen molar-refractivity contribution in [2.45, 2.75) is 32.9 Å². The molecule has 3 aromatic rings. The molecule has 1 N–H and O–H groups in total. The minimum Gasteiger partial charge on any atom is -0.507 e. The van der Waals surface area contributed by atoms with Gasteiger partial charge in [0.2, 0.25) is 0 Å². The summed E-state index contributed by atoms with van der Waals surface area (Å²) in [4.78, 5) is 28.6. The molecule has 7 heteroatoms. The van der Waals surface area contributed by atoms with Crippen LogP contribution in [0.3, 0.4) is 0 Å². The molecule has 2 aromatic carbocycles. The summed E-state index contributed by atoms with van der Waals surface area (Å²) in [5, 5.41) is 13.6. The zero-order valence-electron chi connectivity index (χ0n) is 17.8. The quantitative estimate of drug-likeness (QED) is 0.278. The van der Waals surface area contributed by atoms with Crippen molar-refractivity contribution in [3.05, 3.63) is 86.6 Å². The number of aliphatic hydroxyl groups is 1. The Labute approximate surface area is 195 Å². The maximum atomic E-state index is 13.2. The van der Waals surface area contributed by atoms with E-state index in [1.54, 1.807) is 48.5 Å². The predicted molar refractivity (Wildman–Crippen MR) is 127 cm³/mol. The van der Waals surface area contributed by atoms with E-state index >= 15 is 0 Å². The van der Waals surface area contributed by atoms with E-state index in [-0.39, 0.29) is 17.4 Å². The number of anilines is 1. The summed E-state index contributed by atoms with van der Waals surface area (Å²) in [6, 6.07) is 14.8. The molecule has 1 amide bonds. The molecule has 1 aromatic heterocycles. The van der Waals surface area contributed by atoms with Crippen LogP contribution in [0.5, 0.6) is 5.75 Å². The van der Waals surface area contributed by atoms with Gasteiger partial charge in [0.25, 0.3) is 11.7 Å². The Hall–Kier alpha value is -3.09. The van der Waals surface area contributed by atoms with E-state index in [4.69, 9.17) is 16.3 Å². The van der Waals surface area contributed by atoms with Crippen molar-refractivity contribution >= 4 is 46.1 Å². The van der Waals surface area contributed by atoms with Crippen molar-refractivity contribution in [2.24, 2.45) is 0 Å². The van der Waals surface area contributed by atoms with Gasteiger partial charge in [0.05, 0.1) is 11.7 Å². The first-order chi connectivity index (χ1) is 15.3. The lowest BCUT2D eigenvalue weighted by molar-refractivity contribution is -0.132. The van der Waals surface area contributed by atoms with Crippen molar-refractivity contribution in [2.75, 3.05) is 4.90 Å². The number of thiophene rings is 1. The van der Waals surface area contributed by atoms with E-state index in [1.807, 2.05) is 32.2 Å². The van der Waals surface area contributed by atoms with Crippen LogP contribution in [0.25, 0.3) is 5.76 Å². The van der Waals surface area contributed by atoms with Crippen LogP contribution in [0.4, 0.5) is 5.69 Å². The maximum absolute atomic E-state index is 13.2. The molecule has 1 atom stereocenters. The Balaban J connectivity index is 1.91. The minimum absolute atomic E-state index is 0.0437. The van der Waals surface area contributed by atoms with E-state index in [0.29, 0.717) is 22.0 Å². The number of aliphatic hydroxyl groups excluding tert-OH is 1. The van der Waals surface area contributed by atoms with Crippen molar-refractivity contribution in [1.29, 1.82) is 0 Å². The topological polar surface area (TPSA) is 66.8 Å². The first kappa shape index (κ1) is 22.1. The molecular weight excluding hydrogens is 446 g/mol. The number of amides is 1. The fourth-order valence-corrected chi connectivity index (χ4v) is 4.99. The van der Waals surface area contributed by atoms with Crippen molar-refractivity contribution in [1.82, 2.24) is 0 Å². The standard InChI is InChI=1S/C25H22ClNO4S/c1-14(2)31-19-9-4-6-16(12-19)22(28)20-21(24-15(3)10-11-32-24)27(25(30)23(20)29)18-8-5-7-17(26)13-18/h4-14,21,28H,1-3H3/b22-20-. The van der Waals surface area contributed by atoms with E-state index in [1.165, 1.54) is 16.2 Å². The highest BCUT2D eigenvalue weighted by atomic mass is 35.5. The second-order valence-corrected chi connectivity index (χ2v) is 9.20. The molecule has 1 fully saturated rings. The van der Waals surface area contributed by atoms with Gasteiger partial charge in [0.1, 0.15) is 17.6 Å². The fourth-order valence-electron chi connectivity index (χ4n) is 3.78. The number of Topliss-reactive ketones (excluding diaryl/α,β-unsaturated/α-hetero) is 1. The molecule has 2 heterocycles. The highest BCUT2D eigenvalue weighted by molar-refractivity contribution is 7.10. The molecule has 1 unspecified atom stereocenters. The lowest BCUT2D eigenvalue weighted by Gasteiger charge is -2.25. The number of hydrogen-bond donors (Lipinski definition) is 1. The molecule has 1 aliphatic rings. The summed E-state index contributed by atoms with van der Waals surface area (Å²) in [6.07, 6.45) is -0.0467. The van der Waals surface area contributed by atoms with E-state index < -0.39 is 17.7 Å². The van der Waals surface area contributed by atoms with Gasteiger partial charge in [-0.15, -0.1) is 11.3 Å². The van der Waals surface area contributed by atoms with Crippen LogP contribution < -0.4 is 9.64 Å². The molecule has 0 aliphatic carbocycles. The number of benzene rings is 2. The molecule has 0 spiro atoms. The zero-order valence-corrected chi connectivity index (χ0v) is 19.4. The van der Waals surface area contributed by atoms with Gasteiger partial charge in [-0.25, -0.2) is 0 Å². The number of nitrogens with zero attached hydrogens (tertiary/aromatic N) is 1. The molecule has 0 radical (unpaired) electrons. The van der Waals surface area contributed by atoms with Crippen molar-refractivity contribution < 1.29 is 19.4 Å². The molecule has 1 saturated heterocycles. The van der Waals surface area contributed by atoms with Gasteiger partial charge in [-0.05, 0) is 68.1 Å². The van der Waals surface area contributed by atoms with Gasteiger partial charge in [-0.1, -0.05) is 29.8 Å². The smallest absolute Gasteiger partial charge is 0.300 e. The largest absolute Gasteiger partial charge is 0.507 e.